The first-order valence-electron chi connectivity index (χ1n) is 4.73. The number of carboxylic acids is 1. The molecule has 1 unspecified atom stereocenters. The second-order valence-corrected chi connectivity index (χ2v) is 5.01. The molecule has 0 aromatic carbocycles. The van der Waals surface area contributed by atoms with Crippen molar-refractivity contribution >= 4 is 5.97 Å². The summed E-state index contributed by atoms with van der Waals surface area (Å²) in [5, 5.41) is 8.91. The molecule has 0 aromatic rings. The van der Waals surface area contributed by atoms with Gasteiger partial charge in [-0.25, -0.2) is 4.79 Å². The third-order valence-corrected chi connectivity index (χ3v) is 2.29. The first-order valence-corrected chi connectivity index (χ1v) is 4.73. The van der Waals surface area contributed by atoms with E-state index in [2.05, 4.69) is 6.58 Å². The Morgan fingerprint density at radius 3 is 2.07 bits per heavy atom. The largest absolute Gasteiger partial charge is 0.478 e. The van der Waals surface area contributed by atoms with Crippen molar-refractivity contribution < 1.29 is 9.90 Å². The molecule has 14 heavy (non-hydrogen) atoms. The molecule has 1 N–H and O–H groups in total. The summed E-state index contributed by atoms with van der Waals surface area (Å²) in [5.41, 5.74) is 0.228. The Morgan fingerprint density at radius 2 is 1.86 bits per heavy atom. The number of nitrogens with zero attached hydrogens (tertiary/aromatic N) is 1. The molecular formula is C11H21NO2. The maximum Gasteiger partial charge on any atom is 0.331 e. The van der Waals surface area contributed by atoms with Gasteiger partial charge in [-0.3, -0.25) is 0 Å². The number of rotatable bonds is 4. The summed E-state index contributed by atoms with van der Waals surface area (Å²) in [5.74, 6) is -0.915. The van der Waals surface area contributed by atoms with Crippen LogP contribution in [0.15, 0.2) is 12.2 Å². The number of carboxylic acid groups (broad SMARTS) is 1. The van der Waals surface area contributed by atoms with E-state index in [1.165, 1.54) is 0 Å². The Labute approximate surface area is 86.4 Å². The molecule has 0 saturated heterocycles. The number of aliphatic carboxylic acids is 1. The fourth-order valence-electron chi connectivity index (χ4n) is 1.42. The van der Waals surface area contributed by atoms with Gasteiger partial charge in [0, 0.05) is 18.0 Å². The molecular weight excluding hydrogens is 178 g/mol. The van der Waals surface area contributed by atoms with E-state index in [0.29, 0.717) is 12.1 Å². The van der Waals surface area contributed by atoms with Crippen LogP contribution >= 0.6 is 0 Å². The van der Waals surface area contributed by atoms with Gasteiger partial charge in [-0.1, -0.05) is 27.4 Å². The van der Waals surface area contributed by atoms with Crippen molar-refractivity contribution in [2.24, 2.45) is 11.3 Å². The second-order valence-electron chi connectivity index (χ2n) is 5.01. The molecule has 3 nitrogen and oxygen atoms in total. The van der Waals surface area contributed by atoms with Crippen LogP contribution in [0.2, 0.25) is 0 Å². The van der Waals surface area contributed by atoms with Crippen molar-refractivity contribution in [3.8, 4) is 0 Å². The molecule has 0 fully saturated rings. The zero-order valence-electron chi connectivity index (χ0n) is 9.79. The van der Waals surface area contributed by atoms with E-state index >= 15 is 0 Å². The van der Waals surface area contributed by atoms with Crippen LogP contribution in [0.3, 0.4) is 0 Å². The van der Waals surface area contributed by atoms with E-state index in [9.17, 15) is 4.79 Å². The van der Waals surface area contributed by atoms with Crippen LogP contribution < -0.4 is 0 Å². The van der Waals surface area contributed by atoms with E-state index < -0.39 is 5.97 Å². The maximum absolute atomic E-state index is 10.9. The summed E-state index contributed by atoms with van der Waals surface area (Å²) in [7, 11) is 3.88. The molecule has 0 spiro atoms. The van der Waals surface area contributed by atoms with Crippen LogP contribution in [-0.4, -0.2) is 36.6 Å². The van der Waals surface area contributed by atoms with Gasteiger partial charge in [-0.05, 0) is 19.5 Å². The lowest BCUT2D eigenvalue weighted by molar-refractivity contribution is -0.133. The van der Waals surface area contributed by atoms with Crippen molar-refractivity contribution in [2.45, 2.75) is 20.8 Å². The molecule has 1 atom stereocenters. The average Bonchev–Trinajstić information content (AvgIpc) is 1.96. The van der Waals surface area contributed by atoms with Crippen LogP contribution in [0.25, 0.3) is 0 Å². The number of hydrogen-bond acceptors (Lipinski definition) is 2. The van der Waals surface area contributed by atoms with Crippen LogP contribution in [0.5, 0.6) is 0 Å². The Hall–Kier alpha value is -0.830. The highest BCUT2D eigenvalue weighted by atomic mass is 16.4. The van der Waals surface area contributed by atoms with Crippen LogP contribution in [0.4, 0.5) is 0 Å². The normalized spacial score (nSPS) is 14.1. The summed E-state index contributed by atoms with van der Waals surface area (Å²) in [6.07, 6.45) is 0. The van der Waals surface area contributed by atoms with Gasteiger partial charge in [-0.2, -0.15) is 0 Å². The number of hydrogen-bond donors (Lipinski definition) is 1. The van der Waals surface area contributed by atoms with E-state index in [1.54, 1.807) is 0 Å². The zero-order chi connectivity index (χ0) is 11.5. The zero-order valence-corrected chi connectivity index (χ0v) is 9.79. The quantitative estimate of drug-likeness (QED) is 0.702. The van der Waals surface area contributed by atoms with Gasteiger partial charge < -0.3 is 10.0 Å². The predicted molar refractivity (Wildman–Crippen MR) is 58.3 cm³/mol. The van der Waals surface area contributed by atoms with Gasteiger partial charge in [0.1, 0.15) is 0 Å². The summed E-state index contributed by atoms with van der Waals surface area (Å²) < 4.78 is 0. The van der Waals surface area contributed by atoms with E-state index in [0.717, 1.165) is 0 Å². The maximum atomic E-state index is 10.9. The van der Waals surface area contributed by atoms with Crippen molar-refractivity contribution in [3.05, 3.63) is 12.2 Å². The summed E-state index contributed by atoms with van der Waals surface area (Å²) in [6.45, 7) is 10.5. The Balaban J connectivity index is 4.74. The molecule has 0 aromatic heterocycles. The molecule has 0 aliphatic heterocycles. The fourth-order valence-corrected chi connectivity index (χ4v) is 1.42. The van der Waals surface area contributed by atoms with Crippen LogP contribution in [-0.2, 0) is 4.79 Å². The minimum atomic E-state index is -0.897. The SMILES string of the molecule is C=C(C(=O)O)C(CN(C)C)C(C)(C)C. The minimum Gasteiger partial charge on any atom is -0.478 e. The molecule has 0 bridgehead atoms. The van der Waals surface area contributed by atoms with Gasteiger partial charge in [0.15, 0.2) is 0 Å². The fraction of sp³-hybridized carbons (Fsp3) is 0.727. The van der Waals surface area contributed by atoms with Crippen molar-refractivity contribution in [1.29, 1.82) is 0 Å². The van der Waals surface area contributed by atoms with Crippen molar-refractivity contribution in [3.63, 3.8) is 0 Å². The Kier molecular flexibility index (Phi) is 4.33. The minimum absolute atomic E-state index is 0.0185. The topological polar surface area (TPSA) is 40.5 Å². The Bertz CT molecular complexity index is 226. The highest BCUT2D eigenvalue weighted by Crippen LogP contribution is 2.31. The highest BCUT2D eigenvalue weighted by molar-refractivity contribution is 5.86. The highest BCUT2D eigenvalue weighted by Gasteiger charge is 2.30. The molecule has 0 radical (unpaired) electrons. The van der Waals surface area contributed by atoms with E-state index in [4.69, 9.17) is 5.11 Å². The van der Waals surface area contributed by atoms with Crippen LogP contribution in [0.1, 0.15) is 20.8 Å². The molecule has 0 aliphatic rings. The number of carbonyl (C=O) groups is 1. The second kappa shape index (κ2) is 4.60. The molecule has 0 saturated carbocycles. The van der Waals surface area contributed by atoms with Crippen molar-refractivity contribution in [2.75, 3.05) is 20.6 Å². The average molecular weight is 199 g/mol. The molecule has 3 heteroatoms. The summed E-state index contributed by atoms with van der Waals surface area (Å²) in [4.78, 5) is 12.8. The van der Waals surface area contributed by atoms with Gasteiger partial charge in [0.2, 0.25) is 0 Å². The third kappa shape index (κ3) is 3.92. The van der Waals surface area contributed by atoms with Crippen LogP contribution in [0, 0.1) is 11.3 Å². The van der Waals surface area contributed by atoms with E-state index in [-0.39, 0.29) is 11.3 Å². The lowest BCUT2D eigenvalue weighted by atomic mass is 9.76. The molecule has 82 valence electrons. The molecule has 0 amide bonds. The standard InChI is InChI=1S/C11H21NO2/c1-8(10(13)14)9(7-12(5)6)11(2,3)4/h9H,1,7H2,2-6H3,(H,13,14). The Morgan fingerprint density at radius 1 is 1.43 bits per heavy atom. The lowest BCUT2D eigenvalue weighted by Gasteiger charge is -2.32. The van der Waals surface area contributed by atoms with Gasteiger partial charge in [-0.15, -0.1) is 0 Å². The summed E-state index contributed by atoms with van der Waals surface area (Å²) >= 11 is 0. The predicted octanol–water partition coefficient (Wildman–Crippen LogP) is 1.85. The van der Waals surface area contributed by atoms with Crippen molar-refractivity contribution in [1.82, 2.24) is 4.90 Å². The van der Waals surface area contributed by atoms with Gasteiger partial charge >= 0.3 is 5.97 Å². The monoisotopic (exact) mass is 199 g/mol. The molecule has 0 heterocycles. The summed E-state index contributed by atoms with van der Waals surface area (Å²) in [6, 6.07) is 0. The first-order chi connectivity index (χ1) is 6.16. The third-order valence-electron chi connectivity index (χ3n) is 2.29. The smallest absolute Gasteiger partial charge is 0.331 e. The molecule has 0 aliphatic carbocycles. The first kappa shape index (κ1) is 13.2. The lowest BCUT2D eigenvalue weighted by Crippen LogP contribution is -2.34. The molecule has 0 rings (SSSR count). The van der Waals surface area contributed by atoms with E-state index in [1.807, 2.05) is 39.8 Å². The van der Waals surface area contributed by atoms with Gasteiger partial charge in [0.05, 0.1) is 0 Å². The van der Waals surface area contributed by atoms with Gasteiger partial charge in [0.25, 0.3) is 0 Å².